The van der Waals surface area contributed by atoms with Crippen LogP contribution in [0.15, 0.2) is 18.3 Å². The zero-order valence-electron chi connectivity index (χ0n) is 12.7. The van der Waals surface area contributed by atoms with Crippen LogP contribution in [0.1, 0.15) is 37.8 Å². The van der Waals surface area contributed by atoms with Crippen molar-refractivity contribution < 1.29 is 19.4 Å². The van der Waals surface area contributed by atoms with Gasteiger partial charge in [-0.25, -0.2) is 4.79 Å². The first-order chi connectivity index (χ1) is 10.6. The van der Waals surface area contributed by atoms with Crippen LogP contribution in [0.4, 0.5) is 4.79 Å². The van der Waals surface area contributed by atoms with Gasteiger partial charge in [-0.15, -0.1) is 0 Å². The molecule has 1 aliphatic carbocycles. The Hall–Kier alpha value is -1.82. The fraction of sp³-hybridized carbons (Fsp3) is 0.625. The highest BCUT2D eigenvalue weighted by Gasteiger charge is 2.44. The van der Waals surface area contributed by atoms with Gasteiger partial charge in [0.25, 0.3) is 0 Å². The highest BCUT2D eigenvalue weighted by molar-refractivity contribution is 5.85. The van der Waals surface area contributed by atoms with Crippen LogP contribution in [0.2, 0.25) is 0 Å². The molecule has 0 atom stereocenters. The second-order valence-electron chi connectivity index (χ2n) is 6.09. The highest BCUT2D eigenvalue weighted by Crippen LogP contribution is 2.40. The van der Waals surface area contributed by atoms with Crippen LogP contribution in [0, 0.1) is 0 Å². The number of amides is 1. The Morgan fingerprint density at radius 3 is 2.45 bits per heavy atom. The fourth-order valence-corrected chi connectivity index (χ4v) is 3.58. The summed E-state index contributed by atoms with van der Waals surface area (Å²) in [4.78, 5) is 26.4. The molecule has 6 nitrogen and oxygen atoms in total. The Labute approximate surface area is 129 Å². The number of carboxylic acids is 1. The molecule has 120 valence electrons. The van der Waals surface area contributed by atoms with Gasteiger partial charge in [0, 0.05) is 25.0 Å². The molecule has 2 fully saturated rings. The molecule has 1 amide bonds. The molecule has 22 heavy (non-hydrogen) atoms. The molecule has 1 aromatic rings. The van der Waals surface area contributed by atoms with Crippen LogP contribution >= 0.6 is 0 Å². The van der Waals surface area contributed by atoms with Crippen molar-refractivity contribution in [3.05, 3.63) is 24.0 Å². The number of morpholine rings is 1. The maximum atomic E-state index is 12.7. The summed E-state index contributed by atoms with van der Waals surface area (Å²) in [6.07, 6.45) is 5.73. The van der Waals surface area contributed by atoms with Gasteiger partial charge in [0.1, 0.15) is 5.41 Å². The minimum absolute atomic E-state index is 0.144. The van der Waals surface area contributed by atoms with Gasteiger partial charge >= 0.3 is 12.0 Å². The van der Waals surface area contributed by atoms with E-state index in [9.17, 15) is 14.7 Å². The van der Waals surface area contributed by atoms with E-state index in [1.54, 1.807) is 23.2 Å². The van der Waals surface area contributed by atoms with Crippen molar-refractivity contribution in [2.24, 2.45) is 0 Å². The summed E-state index contributed by atoms with van der Waals surface area (Å²) in [7, 11) is 0. The number of carboxylic acid groups (broad SMARTS) is 1. The Morgan fingerprint density at radius 1 is 1.14 bits per heavy atom. The number of aromatic nitrogens is 1. The lowest BCUT2D eigenvalue weighted by atomic mass is 9.71. The van der Waals surface area contributed by atoms with Gasteiger partial charge in [-0.2, -0.15) is 0 Å². The number of rotatable bonds is 2. The number of carbonyl (C=O) groups is 2. The van der Waals surface area contributed by atoms with Crippen LogP contribution in [0.25, 0.3) is 0 Å². The van der Waals surface area contributed by atoms with Crippen molar-refractivity contribution in [1.82, 2.24) is 9.47 Å². The summed E-state index contributed by atoms with van der Waals surface area (Å²) >= 11 is 0. The number of hydrogen-bond donors (Lipinski definition) is 1. The predicted molar refractivity (Wildman–Crippen MR) is 80.0 cm³/mol. The molecule has 0 aromatic carbocycles. The van der Waals surface area contributed by atoms with E-state index in [-0.39, 0.29) is 6.03 Å². The van der Waals surface area contributed by atoms with E-state index < -0.39 is 11.4 Å². The molecule has 0 spiro atoms. The number of hydrogen-bond acceptors (Lipinski definition) is 3. The maximum absolute atomic E-state index is 12.7. The number of ether oxygens (including phenoxy) is 1. The lowest BCUT2D eigenvalue weighted by Crippen LogP contribution is -2.46. The van der Waals surface area contributed by atoms with E-state index in [1.807, 2.05) is 0 Å². The summed E-state index contributed by atoms with van der Waals surface area (Å²) in [5.41, 5.74) is -0.305. The van der Waals surface area contributed by atoms with Gasteiger partial charge < -0.3 is 14.7 Å². The zero-order chi connectivity index (χ0) is 15.6. The van der Waals surface area contributed by atoms with Crippen molar-refractivity contribution in [3.63, 3.8) is 0 Å². The SMILES string of the molecule is O=C(N1CCOCC1)n1cccc1C1(C(=O)O)CCCCC1. The van der Waals surface area contributed by atoms with Crippen molar-refractivity contribution in [3.8, 4) is 0 Å². The summed E-state index contributed by atoms with van der Waals surface area (Å²) in [6, 6.07) is 3.42. The average Bonchev–Trinajstić information content (AvgIpc) is 3.05. The van der Waals surface area contributed by atoms with Crippen LogP contribution < -0.4 is 0 Å². The van der Waals surface area contributed by atoms with E-state index >= 15 is 0 Å². The molecule has 1 saturated carbocycles. The summed E-state index contributed by atoms with van der Waals surface area (Å²) in [5, 5.41) is 9.82. The van der Waals surface area contributed by atoms with Gasteiger partial charge in [-0.1, -0.05) is 19.3 Å². The average molecular weight is 306 g/mol. The largest absolute Gasteiger partial charge is 0.481 e. The number of nitrogens with zero attached hydrogens (tertiary/aromatic N) is 2. The quantitative estimate of drug-likeness (QED) is 0.908. The predicted octanol–water partition coefficient (Wildman–Crippen LogP) is 2.07. The second kappa shape index (κ2) is 6.12. The standard InChI is InChI=1S/C16H22N2O4/c19-14(20)16(6-2-1-3-7-16)13-5-4-8-18(13)15(21)17-9-11-22-12-10-17/h4-5,8H,1-3,6-7,9-12H2,(H,19,20). The summed E-state index contributed by atoms with van der Waals surface area (Å²) in [6.45, 7) is 2.17. The van der Waals surface area contributed by atoms with Gasteiger partial charge in [0.2, 0.25) is 0 Å². The Morgan fingerprint density at radius 2 is 1.82 bits per heavy atom. The summed E-state index contributed by atoms with van der Waals surface area (Å²) < 4.78 is 6.81. The molecular weight excluding hydrogens is 284 g/mol. The van der Waals surface area contributed by atoms with E-state index in [4.69, 9.17) is 4.74 Å². The van der Waals surface area contributed by atoms with Crippen LogP contribution in [0.5, 0.6) is 0 Å². The minimum Gasteiger partial charge on any atom is -0.481 e. The van der Waals surface area contributed by atoms with Crippen molar-refractivity contribution in [2.75, 3.05) is 26.3 Å². The molecule has 1 aliphatic heterocycles. The third-order valence-electron chi connectivity index (χ3n) is 4.84. The van der Waals surface area contributed by atoms with E-state index in [0.29, 0.717) is 44.8 Å². The Bertz CT molecular complexity index is 554. The first kappa shape index (κ1) is 15.1. The van der Waals surface area contributed by atoms with Crippen molar-refractivity contribution >= 4 is 12.0 Å². The molecule has 0 unspecified atom stereocenters. The second-order valence-corrected chi connectivity index (χ2v) is 6.09. The fourth-order valence-electron chi connectivity index (χ4n) is 3.58. The lowest BCUT2D eigenvalue weighted by molar-refractivity contribution is -0.145. The minimum atomic E-state index is -0.927. The first-order valence-corrected chi connectivity index (χ1v) is 7.93. The third kappa shape index (κ3) is 2.52. The molecule has 1 saturated heterocycles. The highest BCUT2D eigenvalue weighted by atomic mass is 16.5. The normalized spacial score (nSPS) is 21.5. The summed E-state index contributed by atoms with van der Waals surface area (Å²) in [5.74, 6) is -0.818. The van der Waals surface area contributed by atoms with Gasteiger partial charge in [0.05, 0.1) is 13.2 Å². The number of aliphatic carboxylic acids is 1. The van der Waals surface area contributed by atoms with E-state index in [1.165, 1.54) is 4.57 Å². The van der Waals surface area contributed by atoms with Crippen LogP contribution in [0.3, 0.4) is 0 Å². The van der Waals surface area contributed by atoms with Gasteiger partial charge in [-0.05, 0) is 25.0 Å². The van der Waals surface area contributed by atoms with Crippen molar-refractivity contribution in [1.29, 1.82) is 0 Å². The molecule has 2 aliphatic rings. The Balaban J connectivity index is 1.93. The van der Waals surface area contributed by atoms with Crippen LogP contribution in [-0.4, -0.2) is 52.9 Å². The van der Waals surface area contributed by atoms with Gasteiger partial charge in [0.15, 0.2) is 0 Å². The van der Waals surface area contributed by atoms with Crippen LogP contribution in [-0.2, 0) is 14.9 Å². The monoisotopic (exact) mass is 306 g/mol. The molecule has 6 heteroatoms. The zero-order valence-corrected chi connectivity index (χ0v) is 12.7. The molecule has 1 aromatic heterocycles. The van der Waals surface area contributed by atoms with E-state index in [0.717, 1.165) is 19.3 Å². The molecule has 3 rings (SSSR count). The van der Waals surface area contributed by atoms with Gasteiger partial charge in [-0.3, -0.25) is 9.36 Å². The molecule has 0 radical (unpaired) electrons. The number of carbonyl (C=O) groups excluding carboxylic acids is 1. The third-order valence-corrected chi connectivity index (χ3v) is 4.84. The maximum Gasteiger partial charge on any atom is 0.328 e. The molecule has 2 heterocycles. The topological polar surface area (TPSA) is 71.8 Å². The molecule has 1 N–H and O–H groups in total. The van der Waals surface area contributed by atoms with E-state index in [2.05, 4.69) is 0 Å². The first-order valence-electron chi connectivity index (χ1n) is 7.93. The smallest absolute Gasteiger partial charge is 0.328 e. The molecule has 0 bridgehead atoms. The lowest BCUT2D eigenvalue weighted by Gasteiger charge is -2.35. The Kier molecular flexibility index (Phi) is 4.20. The van der Waals surface area contributed by atoms with Crippen molar-refractivity contribution in [2.45, 2.75) is 37.5 Å². The molecular formula is C16H22N2O4.